The van der Waals surface area contributed by atoms with Crippen molar-refractivity contribution in [2.24, 2.45) is 0 Å². The molecule has 2 fully saturated rings. The van der Waals surface area contributed by atoms with Gasteiger partial charge < -0.3 is 23.6 Å². The van der Waals surface area contributed by atoms with Crippen LogP contribution in [0.15, 0.2) is 30.7 Å². The minimum atomic E-state index is -0.500. The largest absolute Gasteiger partial charge is 0.474 e. The van der Waals surface area contributed by atoms with Gasteiger partial charge in [-0.25, -0.2) is 19.7 Å². The van der Waals surface area contributed by atoms with Gasteiger partial charge in [-0.2, -0.15) is 0 Å². The molecular formula is C23H31N4O5P. The van der Waals surface area contributed by atoms with E-state index < -0.39 is 13.7 Å². The van der Waals surface area contributed by atoms with Crippen molar-refractivity contribution in [1.29, 1.82) is 0 Å². The van der Waals surface area contributed by atoms with Crippen LogP contribution in [0.2, 0.25) is 0 Å². The molecule has 0 N–H and O–H groups in total. The highest BCUT2D eigenvalue weighted by Crippen LogP contribution is 2.51. The van der Waals surface area contributed by atoms with Crippen LogP contribution in [0.4, 0.5) is 4.79 Å². The van der Waals surface area contributed by atoms with E-state index in [-0.39, 0.29) is 12.2 Å². The topological polar surface area (TPSA) is 95.9 Å². The van der Waals surface area contributed by atoms with Crippen LogP contribution < -0.4 is 14.0 Å². The van der Waals surface area contributed by atoms with Gasteiger partial charge in [0, 0.05) is 37.7 Å². The molecule has 9 nitrogen and oxygen atoms in total. The van der Waals surface area contributed by atoms with Crippen molar-refractivity contribution in [2.45, 2.75) is 63.8 Å². The van der Waals surface area contributed by atoms with E-state index in [0.29, 0.717) is 55.0 Å². The number of ether oxygens (including phenoxy) is 3. The van der Waals surface area contributed by atoms with Gasteiger partial charge >= 0.3 is 6.09 Å². The maximum atomic E-state index is 12.2. The number of pyridine rings is 1. The Morgan fingerprint density at radius 1 is 1.03 bits per heavy atom. The van der Waals surface area contributed by atoms with Gasteiger partial charge in [-0.3, -0.25) is 0 Å². The molecule has 1 aliphatic carbocycles. The van der Waals surface area contributed by atoms with Crippen LogP contribution in [0.25, 0.3) is 0 Å². The Labute approximate surface area is 195 Å². The minimum absolute atomic E-state index is 0.0417. The van der Waals surface area contributed by atoms with Gasteiger partial charge in [-0.15, -0.1) is 0 Å². The Morgan fingerprint density at radius 2 is 1.76 bits per heavy atom. The molecule has 1 unspecified atom stereocenters. The molecule has 0 aromatic carbocycles. The van der Waals surface area contributed by atoms with Crippen LogP contribution in [0.5, 0.6) is 23.4 Å². The van der Waals surface area contributed by atoms with Crippen LogP contribution in [-0.4, -0.2) is 63.1 Å². The lowest BCUT2D eigenvalue weighted by molar-refractivity contribution is 0.0123. The smallest absolute Gasteiger partial charge is 0.410 e. The summed E-state index contributed by atoms with van der Waals surface area (Å²) in [5, 5.41) is 0. The van der Waals surface area contributed by atoms with E-state index in [1.807, 2.05) is 32.9 Å². The molecular weight excluding hydrogens is 443 g/mol. The SMILES string of the molecule is CP(Oc1ccc(Oc2cc(OC3CCN(C(=O)OC(C)(C)C)CC3)ncn2)cn1)C1CC1. The summed E-state index contributed by atoms with van der Waals surface area (Å²) >= 11 is 0. The zero-order valence-corrected chi connectivity index (χ0v) is 20.5. The molecule has 2 aromatic heterocycles. The van der Waals surface area contributed by atoms with Gasteiger partial charge in [0.25, 0.3) is 0 Å². The summed E-state index contributed by atoms with van der Waals surface area (Å²) in [6, 6.07) is 5.28. The number of nitrogens with zero attached hydrogens (tertiary/aromatic N) is 4. The molecule has 1 aliphatic heterocycles. The summed E-state index contributed by atoms with van der Waals surface area (Å²) in [6.45, 7) is 8.89. The summed E-state index contributed by atoms with van der Waals surface area (Å²) in [5.41, 5.74) is 0.210. The van der Waals surface area contributed by atoms with Crippen molar-refractivity contribution in [2.75, 3.05) is 19.8 Å². The van der Waals surface area contributed by atoms with E-state index in [1.165, 1.54) is 19.2 Å². The number of carbonyl (C=O) groups excluding carboxylic acids is 1. The molecule has 1 atom stereocenters. The number of likely N-dealkylation sites (tertiary alicyclic amines) is 1. The molecule has 0 bridgehead atoms. The second kappa shape index (κ2) is 10.1. The predicted octanol–water partition coefficient (Wildman–Crippen LogP) is 5.01. The highest BCUT2D eigenvalue weighted by atomic mass is 31.1. The number of carbonyl (C=O) groups is 1. The van der Waals surface area contributed by atoms with Crippen LogP contribution >= 0.6 is 8.15 Å². The average molecular weight is 474 g/mol. The number of rotatable bonds is 7. The standard InChI is InChI=1S/C23H31N4O5P/c1-23(2,3)31-22(28)27-11-9-16(10-12-27)29-20-13-21(26-15-25-20)30-17-5-8-19(24-14-17)32-33(4)18-6-7-18/h5,8,13-16,18H,6-7,9-12H2,1-4H3. The minimum Gasteiger partial charge on any atom is -0.474 e. The average Bonchev–Trinajstić information content (AvgIpc) is 3.60. The molecule has 0 radical (unpaired) electrons. The van der Waals surface area contributed by atoms with Gasteiger partial charge in [0.2, 0.25) is 17.6 Å². The van der Waals surface area contributed by atoms with E-state index >= 15 is 0 Å². The number of hydrogen-bond donors (Lipinski definition) is 0. The van der Waals surface area contributed by atoms with Gasteiger partial charge in [0.1, 0.15) is 23.8 Å². The van der Waals surface area contributed by atoms with E-state index in [2.05, 4.69) is 21.6 Å². The van der Waals surface area contributed by atoms with Gasteiger partial charge in [-0.05, 0) is 46.3 Å². The zero-order valence-electron chi connectivity index (χ0n) is 19.6. The quantitative estimate of drug-likeness (QED) is 0.517. The molecule has 33 heavy (non-hydrogen) atoms. The van der Waals surface area contributed by atoms with Crippen molar-refractivity contribution >= 4 is 14.2 Å². The first-order valence-electron chi connectivity index (χ1n) is 11.3. The lowest BCUT2D eigenvalue weighted by Crippen LogP contribution is -2.44. The lowest BCUT2D eigenvalue weighted by atomic mass is 10.1. The van der Waals surface area contributed by atoms with Crippen LogP contribution in [0.1, 0.15) is 46.5 Å². The third-order valence-corrected chi connectivity index (χ3v) is 7.25. The number of piperidine rings is 1. The molecule has 2 aliphatic rings. The van der Waals surface area contributed by atoms with Gasteiger partial charge in [0.05, 0.1) is 20.4 Å². The predicted molar refractivity (Wildman–Crippen MR) is 124 cm³/mol. The highest BCUT2D eigenvalue weighted by molar-refractivity contribution is 7.53. The zero-order chi connectivity index (χ0) is 23.4. The van der Waals surface area contributed by atoms with E-state index in [4.69, 9.17) is 18.7 Å². The van der Waals surface area contributed by atoms with Crippen molar-refractivity contribution < 1.29 is 23.5 Å². The fourth-order valence-corrected chi connectivity index (χ4v) is 4.79. The lowest BCUT2D eigenvalue weighted by Gasteiger charge is -2.33. The molecule has 0 spiro atoms. The van der Waals surface area contributed by atoms with Crippen molar-refractivity contribution in [3.63, 3.8) is 0 Å². The van der Waals surface area contributed by atoms with Gasteiger partial charge in [-0.1, -0.05) is 0 Å². The summed E-state index contributed by atoms with van der Waals surface area (Å²) in [7, 11) is -0.458. The summed E-state index contributed by atoms with van der Waals surface area (Å²) < 4.78 is 23.2. The molecule has 10 heteroatoms. The number of aromatic nitrogens is 3. The summed E-state index contributed by atoms with van der Waals surface area (Å²) in [4.78, 5) is 26.6. The third kappa shape index (κ3) is 7.16. The normalized spacial score (nSPS) is 17.9. The summed E-state index contributed by atoms with van der Waals surface area (Å²) in [5.74, 6) is 1.99. The van der Waals surface area contributed by atoms with Crippen molar-refractivity contribution in [1.82, 2.24) is 19.9 Å². The molecule has 2 aromatic rings. The Balaban J connectivity index is 1.26. The maximum Gasteiger partial charge on any atom is 0.410 e. The Kier molecular flexibility index (Phi) is 7.17. The summed E-state index contributed by atoms with van der Waals surface area (Å²) in [6.07, 6.45) is 6.62. The van der Waals surface area contributed by atoms with Crippen LogP contribution in [0.3, 0.4) is 0 Å². The fraction of sp³-hybridized carbons (Fsp3) is 0.565. The molecule has 1 amide bonds. The fourth-order valence-electron chi connectivity index (χ4n) is 3.36. The maximum absolute atomic E-state index is 12.2. The number of amides is 1. The highest BCUT2D eigenvalue weighted by Gasteiger charge is 2.30. The molecule has 1 saturated carbocycles. The van der Waals surface area contributed by atoms with E-state index in [1.54, 1.807) is 17.2 Å². The Hall–Kier alpha value is -2.67. The Morgan fingerprint density at radius 3 is 2.39 bits per heavy atom. The molecule has 1 saturated heterocycles. The first-order valence-corrected chi connectivity index (χ1v) is 13.0. The molecule has 4 rings (SSSR count). The van der Waals surface area contributed by atoms with Crippen molar-refractivity contribution in [3.05, 3.63) is 30.7 Å². The second-order valence-corrected chi connectivity index (χ2v) is 11.3. The van der Waals surface area contributed by atoms with E-state index in [9.17, 15) is 4.79 Å². The monoisotopic (exact) mass is 474 g/mol. The first-order chi connectivity index (χ1) is 15.7. The van der Waals surface area contributed by atoms with E-state index in [0.717, 1.165) is 0 Å². The number of hydrogen-bond acceptors (Lipinski definition) is 8. The third-order valence-electron chi connectivity index (χ3n) is 5.23. The first kappa shape index (κ1) is 23.5. The van der Waals surface area contributed by atoms with Crippen molar-refractivity contribution in [3.8, 4) is 23.4 Å². The Bertz CT molecular complexity index is 941. The molecule has 3 heterocycles. The molecule has 178 valence electrons. The van der Waals surface area contributed by atoms with Crippen LogP contribution in [0, 0.1) is 0 Å². The van der Waals surface area contributed by atoms with Gasteiger partial charge in [0.15, 0.2) is 0 Å². The van der Waals surface area contributed by atoms with Crippen LogP contribution in [-0.2, 0) is 4.74 Å². The second-order valence-electron chi connectivity index (χ2n) is 9.28.